The highest BCUT2D eigenvalue weighted by atomic mass is 15.2. The van der Waals surface area contributed by atoms with E-state index in [0.29, 0.717) is 6.04 Å². The summed E-state index contributed by atoms with van der Waals surface area (Å²) in [7, 11) is 0. The van der Waals surface area contributed by atoms with Crippen molar-refractivity contribution in [2.45, 2.75) is 71.4 Å². The number of hydrogen-bond donors (Lipinski definition) is 1. The van der Waals surface area contributed by atoms with Gasteiger partial charge in [-0.2, -0.15) is 0 Å². The Morgan fingerprint density at radius 3 is 2.75 bits per heavy atom. The predicted molar refractivity (Wildman–Crippen MR) is 71.9 cm³/mol. The van der Waals surface area contributed by atoms with Crippen LogP contribution in [0, 0.1) is 0 Å². The Hall–Kier alpha value is -0.0800. The fourth-order valence-electron chi connectivity index (χ4n) is 2.67. The topological polar surface area (TPSA) is 15.3 Å². The van der Waals surface area contributed by atoms with Crippen LogP contribution in [0.25, 0.3) is 0 Å². The predicted octanol–water partition coefficient (Wildman–Crippen LogP) is 3.03. The molecular formula is C14H30N2. The van der Waals surface area contributed by atoms with Crippen LogP contribution >= 0.6 is 0 Å². The molecule has 16 heavy (non-hydrogen) atoms. The number of hydrogen-bond acceptors (Lipinski definition) is 2. The molecule has 0 aromatic carbocycles. The molecule has 0 radical (unpaired) electrons. The minimum Gasteiger partial charge on any atom is -0.314 e. The molecular weight excluding hydrogens is 196 g/mol. The largest absolute Gasteiger partial charge is 0.314 e. The van der Waals surface area contributed by atoms with Crippen LogP contribution in [-0.2, 0) is 0 Å². The van der Waals surface area contributed by atoms with Crippen molar-refractivity contribution in [2.24, 2.45) is 0 Å². The summed E-state index contributed by atoms with van der Waals surface area (Å²) < 4.78 is 0. The van der Waals surface area contributed by atoms with Crippen molar-refractivity contribution in [2.75, 3.05) is 19.6 Å². The molecule has 1 aliphatic heterocycles. The Morgan fingerprint density at radius 1 is 1.25 bits per heavy atom. The second-order valence-electron chi connectivity index (χ2n) is 5.41. The monoisotopic (exact) mass is 226 g/mol. The van der Waals surface area contributed by atoms with Crippen molar-refractivity contribution in [3.63, 3.8) is 0 Å². The quantitative estimate of drug-likeness (QED) is 0.700. The van der Waals surface area contributed by atoms with Crippen molar-refractivity contribution >= 4 is 0 Å². The van der Waals surface area contributed by atoms with Crippen LogP contribution < -0.4 is 5.32 Å². The molecule has 1 unspecified atom stereocenters. The molecule has 0 spiro atoms. The summed E-state index contributed by atoms with van der Waals surface area (Å²) in [4.78, 5) is 2.73. The van der Waals surface area contributed by atoms with Crippen LogP contribution in [0.5, 0.6) is 0 Å². The lowest BCUT2D eigenvalue weighted by Gasteiger charge is -2.29. The van der Waals surface area contributed by atoms with Gasteiger partial charge in [-0.1, -0.05) is 33.6 Å². The summed E-state index contributed by atoms with van der Waals surface area (Å²) in [6, 6.07) is 1.49. The van der Waals surface area contributed by atoms with E-state index in [1.54, 1.807) is 0 Å². The van der Waals surface area contributed by atoms with Crippen LogP contribution in [0.3, 0.4) is 0 Å². The van der Waals surface area contributed by atoms with Crippen LogP contribution in [0.2, 0.25) is 0 Å². The second-order valence-corrected chi connectivity index (χ2v) is 5.41. The van der Waals surface area contributed by atoms with Gasteiger partial charge in [-0.15, -0.1) is 0 Å². The van der Waals surface area contributed by atoms with Crippen molar-refractivity contribution in [1.82, 2.24) is 10.2 Å². The Balaban J connectivity index is 2.20. The third-order valence-corrected chi connectivity index (χ3v) is 3.65. The molecule has 1 heterocycles. The average molecular weight is 226 g/mol. The summed E-state index contributed by atoms with van der Waals surface area (Å²) in [5.74, 6) is 0. The molecule has 1 saturated heterocycles. The first-order valence-corrected chi connectivity index (χ1v) is 7.21. The van der Waals surface area contributed by atoms with E-state index in [1.807, 2.05) is 0 Å². The number of nitrogens with zero attached hydrogens (tertiary/aromatic N) is 1. The van der Waals surface area contributed by atoms with Crippen molar-refractivity contribution < 1.29 is 0 Å². The van der Waals surface area contributed by atoms with Gasteiger partial charge in [0.2, 0.25) is 0 Å². The summed E-state index contributed by atoms with van der Waals surface area (Å²) >= 11 is 0. The fourth-order valence-corrected chi connectivity index (χ4v) is 2.67. The van der Waals surface area contributed by atoms with Gasteiger partial charge in [0.05, 0.1) is 0 Å². The molecule has 2 nitrogen and oxygen atoms in total. The fraction of sp³-hybridized carbons (Fsp3) is 1.00. The van der Waals surface area contributed by atoms with E-state index >= 15 is 0 Å². The smallest absolute Gasteiger partial charge is 0.00926 e. The molecule has 96 valence electrons. The van der Waals surface area contributed by atoms with E-state index in [-0.39, 0.29) is 0 Å². The summed E-state index contributed by atoms with van der Waals surface area (Å²) in [6.45, 7) is 10.6. The van der Waals surface area contributed by atoms with Gasteiger partial charge in [0, 0.05) is 12.1 Å². The number of likely N-dealkylation sites (tertiary alicyclic amines) is 1. The van der Waals surface area contributed by atoms with Gasteiger partial charge in [-0.05, 0) is 45.3 Å². The normalized spacial score (nSPS) is 23.6. The molecule has 0 bridgehead atoms. The van der Waals surface area contributed by atoms with Gasteiger partial charge in [-0.25, -0.2) is 0 Å². The highest BCUT2D eigenvalue weighted by molar-refractivity contribution is 4.74. The van der Waals surface area contributed by atoms with Crippen molar-refractivity contribution in [1.29, 1.82) is 0 Å². The molecule has 1 fully saturated rings. The van der Waals surface area contributed by atoms with E-state index in [0.717, 1.165) is 6.04 Å². The minimum absolute atomic E-state index is 0.631. The molecule has 0 saturated carbocycles. The van der Waals surface area contributed by atoms with E-state index in [1.165, 1.54) is 58.2 Å². The number of nitrogens with one attached hydrogen (secondary N) is 1. The molecule has 1 aliphatic rings. The number of rotatable bonds is 6. The van der Waals surface area contributed by atoms with Crippen LogP contribution in [0.15, 0.2) is 0 Å². The summed E-state index contributed by atoms with van der Waals surface area (Å²) in [5.41, 5.74) is 0. The third-order valence-electron chi connectivity index (χ3n) is 3.65. The highest BCUT2D eigenvalue weighted by Gasteiger charge is 2.18. The van der Waals surface area contributed by atoms with E-state index in [9.17, 15) is 0 Å². The Morgan fingerprint density at radius 2 is 2.06 bits per heavy atom. The molecule has 1 atom stereocenters. The van der Waals surface area contributed by atoms with Gasteiger partial charge in [0.15, 0.2) is 0 Å². The average Bonchev–Trinajstić information content (AvgIpc) is 2.48. The lowest BCUT2D eigenvalue weighted by molar-refractivity contribution is 0.191. The SMILES string of the molecule is CCC1CCCCCN1CCCNC(C)C. The van der Waals surface area contributed by atoms with E-state index in [4.69, 9.17) is 0 Å². The Kier molecular flexibility index (Phi) is 7.06. The second kappa shape index (κ2) is 8.08. The van der Waals surface area contributed by atoms with Gasteiger partial charge in [-0.3, -0.25) is 0 Å². The van der Waals surface area contributed by atoms with Crippen LogP contribution in [0.1, 0.15) is 59.3 Å². The zero-order chi connectivity index (χ0) is 11.8. The first kappa shape index (κ1) is 14.0. The molecule has 1 N–H and O–H groups in total. The standard InChI is InChI=1S/C14H30N2/c1-4-14-9-6-5-7-11-16(14)12-8-10-15-13(2)3/h13-15H,4-12H2,1-3H3. The maximum atomic E-state index is 3.51. The molecule has 0 aliphatic carbocycles. The first-order valence-electron chi connectivity index (χ1n) is 7.21. The van der Waals surface area contributed by atoms with Crippen molar-refractivity contribution in [3.8, 4) is 0 Å². The Labute approximate surface area is 102 Å². The summed E-state index contributed by atoms with van der Waals surface area (Å²) in [5, 5.41) is 3.51. The van der Waals surface area contributed by atoms with Crippen LogP contribution in [0.4, 0.5) is 0 Å². The van der Waals surface area contributed by atoms with E-state index in [2.05, 4.69) is 31.0 Å². The Bertz CT molecular complexity index is 168. The highest BCUT2D eigenvalue weighted by Crippen LogP contribution is 2.18. The molecule has 0 aromatic heterocycles. The third kappa shape index (κ3) is 5.31. The lowest BCUT2D eigenvalue weighted by Crippen LogP contribution is -2.36. The van der Waals surface area contributed by atoms with Gasteiger partial charge in [0.25, 0.3) is 0 Å². The molecule has 0 aromatic rings. The maximum absolute atomic E-state index is 3.51. The maximum Gasteiger partial charge on any atom is 0.00926 e. The van der Waals surface area contributed by atoms with Gasteiger partial charge in [0.1, 0.15) is 0 Å². The van der Waals surface area contributed by atoms with Gasteiger partial charge >= 0.3 is 0 Å². The summed E-state index contributed by atoms with van der Waals surface area (Å²) in [6.07, 6.45) is 8.35. The zero-order valence-electron chi connectivity index (χ0n) is 11.5. The zero-order valence-corrected chi connectivity index (χ0v) is 11.5. The van der Waals surface area contributed by atoms with E-state index < -0.39 is 0 Å². The minimum atomic E-state index is 0.631. The molecule has 2 heteroatoms. The van der Waals surface area contributed by atoms with Crippen LogP contribution in [-0.4, -0.2) is 36.6 Å². The first-order chi connectivity index (χ1) is 7.74. The lowest BCUT2D eigenvalue weighted by atomic mass is 10.1. The van der Waals surface area contributed by atoms with Gasteiger partial charge < -0.3 is 10.2 Å². The van der Waals surface area contributed by atoms with Crippen molar-refractivity contribution in [3.05, 3.63) is 0 Å². The molecule has 1 rings (SSSR count). The molecule has 0 amide bonds.